The minimum Gasteiger partial charge on any atom is -0.478 e. The predicted molar refractivity (Wildman–Crippen MR) is 66.7 cm³/mol. The maximum Gasteiger partial charge on any atom is 0.335 e. The van der Waals surface area contributed by atoms with Crippen molar-refractivity contribution in [1.29, 1.82) is 0 Å². The van der Waals surface area contributed by atoms with Gasteiger partial charge in [-0.25, -0.2) is 9.78 Å². The van der Waals surface area contributed by atoms with Gasteiger partial charge in [-0.1, -0.05) is 30.3 Å². The van der Waals surface area contributed by atoms with E-state index in [-0.39, 0.29) is 5.56 Å². The van der Waals surface area contributed by atoms with Gasteiger partial charge in [0.2, 0.25) is 5.88 Å². The van der Waals surface area contributed by atoms with Crippen molar-refractivity contribution in [2.24, 2.45) is 0 Å². The Labute approximate surface area is 105 Å². The zero-order valence-corrected chi connectivity index (χ0v) is 9.96. The van der Waals surface area contributed by atoms with Crippen LogP contribution in [0.1, 0.15) is 21.6 Å². The third-order valence-corrected chi connectivity index (χ3v) is 2.41. The van der Waals surface area contributed by atoms with Crippen molar-refractivity contribution in [2.75, 3.05) is 0 Å². The highest BCUT2D eigenvalue weighted by Crippen LogP contribution is 2.14. The fourth-order valence-corrected chi connectivity index (χ4v) is 1.57. The number of hydrogen-bond acceptors (Lipinski definition) is 3. The first-order valence-electron chi connectivity index (χ1n) is 5.54. The Hall–Kier alpha value is -2.36. The van der Waals surface area contributed by atoms with Gasteiger partial charge in [-0.3, -0.25) is 0 Å². The number of pyridine rings is 1. The van der Waals surface area contributed by atoms with E-state index in [1.165, 1.54) is 12.1 Å². The van der Waals surface area contributed by atoms with Crippen molar-refractivity contribution in [3.05, 3.63) is 59.3 Å². The summed E-state index contributed by atoms with van der Waals surface area (Å²) >= 11 is 0. The van der Waals surface area contributed by atoms with Crippen molar-refractivity contribution in [3.8, 4) is 5.88 Å². The average molecular weight is 243 g/mol. The molecule has 1 N–H and O–H groups in total. The molecule has 0 saturated heterocycles. The topological polar surface area (TPSA) is 59.4 Å². The van der Waals surface area contributed by atoms with E-state index in [1.54, 1.807) is 6.92 Å². The minimum atomic E-state index is -0.981. The second-order valence-electron chi connectivity index (χ2n) is 3.91. The van der Waals surface area contributed by atoms with E-state index in [0.29, 0.717) is 18.2 Å². The van der Waals surface area contributed by atoms with Crippen LogP contribution in [0.5, 0.6) is 5.88 Å². The Morgan fingerprint density at radius 3 is 2.67 bits per heavy atom. The smallest absolute Gasteiger partial charge is 0.335 e. The van der Waals surface area contributed by atoms with Gasteiger partial charge in [0.05, 0.1) is 5.56 Å². The maximum absolute atomic E-state index is 10.9. The lowest BCUT2D eigenvalue weighted by Crippen LogP contribution is -2.02. The van der Waals surface area contributed by atoms with E-state index in [4.69, 9.17) is 9.84 Å². The number of carbonyl (C=O) groups is 1. The fraction of sp³-hybridized carbons (Fsp3) is 0.143. The number of ether oxygens (including phenoxy) is 1. The molecule has 0 aliphatic carbocycles. The number of aromatic carboxylic acids is 1. The summed E-state index contributed by atoms with van der Waals surface area (Å²) in [6.07, 6.45) is 0. The molecule has 0 bridgehead atoms. The molecule has 0 aliphatic rings. The molecule has 0 amide bonds. The summed E-state index contributed by atoms with van der Waals surface area (Å²) in [5.74, 6) is -0.652. The third-order valence-electron chi connectivity index (χ3n) is 2.41. The zero-order valence-electron chi connectivity index (χ0n) is 9.96. The molecule has 2 rings (SSSR count). The molecule has 1 aromatic heterocycles. The van der Waals surface area contributed by atoms with Gasteiger partial charge in [-0.15, -0.1) is 0 Å². The van der Waals surface area contributed by atoms with Crippen LogP contribution in [0.3, 0.4) is 0 Å². The van der Waals surface area contributed by atoms with Gasteiger partial charge in [0.15, 0.2) is 0 Å². The molecular formula is C14H13NO3. The summed E-state index contributed by atoms with van der Waals surface area (Å²) in [4.78, 5) is 15.0. The van der Waals surface area contributed by atoms with Crippen molar-refractivity contribution >= 4 is 5.97 Å². The normalized spacial score (nSPS) is 10.1. The Morgan fingerprint density at radius 2 is 2.00 bits per heavy atom. The van der Waals surface area contributed by atoms with E-state index in [9.17, 15) is 4.79 Å². The fourth-order valence-electron chi connectivity index (χ4n) is 1.57. The molecule has 0 unspecified atom stereocenters. The second-order valence-corrected chi connectivity index (χ2v) is 3.91. The SMILES string of the molecule is Cc1cc(C(=O)O)cc(OCc2ccccc2)n1. The molecule has 18 heavy (non-hydrogen) atoms. The molecule has 92 valence electrons. The zero-order chi connectivity index (χ0) is 13.0. The number of rotatable bonds is 4. The lowest BCUT2D eigenvalue weighted by Gasteiger charge is -2.07. The third kappa shape index (κ3) is 3.07. The monoisotopic (exact) mass is 243 g/mol. The molecule has 0 aliphatic heterocycles. The van der Waals surface area contributed by atoms with Crippen LogP contribution in [0, 0.1) is 6.92 Å². The Balaban J connectivity index is 2.12. The number of carboxylic acid groups (broad SMARTS) is 1. The minimum absolute atomic E-state index is 0.186. The summed E-state index contributed by atoms with van der Waals surface area (Å²) in [6.45, 7) is 2.11. The van der Waals surface area contributed by atoms with Crippen molar-refractivity contribution in [1.82, 2.24) is 4.98 Å². The van der Waals surface area contributed by atoms with Gasteiger partial charge in [-0.2, -0.15) is 0 Å². The first kappa shape index (κ1) is 12.1. The standard InChI is InChI=1S/C14H13NO3/c1-10-7-12(14(16)17)8-13(15-10)18-9-11-5-3-2-4-6-11/h2-8H,9H2,1H3,(H,16,17). The van der Waals surface area contributed by atoms with Crippen LogP contribution in [0.25, 0.3) is 0 Å². The van der Waals surface area contributed by atoms with Gasteiger partial charge >= 0.3 is 5.97 Å². The molecule has 0 spiro atoms. The van der Waals surface area contributed by atoms with Crippen molar-refractivity contribution in [3.63, 3.8) is 0 Å². The highest BCUT2D eigenvalue weighted by atomic mass is 16.5. The summed E-state index contributed by atoms with van der Waals surface area (Å²) in [5.41, 5.74) is 1.82. The lowest BCUT2D eigenvalue weighted by atomic mass is 10.2. The quantitative estimate of drug-likeness (QED) is 0.896. The Bertz CT molecular complexity index is 552. The Morgan fingerprint density at radius 1 is 1.28 bits per heavy atom. The molecule has 0 fully saturated rings. The van der Waals surface area contributed by atoms with Crippen LogP contribution < -0.4 is 4.74 Å². The molecule has 4 heteroatoms. The van der Waals surface area contributed by atoms with Crippen LogP contribution in [0.2, 0.25) is 0 Å². The van der Waals surface area contributed by atoms with Gasteiger partial charge in [0, 0.05) is 11.8 Å². The van der Waals surface area contributed by atoms with E-state index < -0.39 is 5.97 Å². The first-order chi connectivity index (χ1) is 8.65. The summed E-state index contributed by atoms with van der Waals surface area (Å²) in [7, 11) is 0. The van der Waals surface area contributed by atoms with Crippen molar-refractivity contribution in [2.45, 2.75) is 13.5 Å². The molecule has 0 radical (unpaired) electrons. The number of nitrogens with zero attached hydrogens (tertiary/aromatic N) is 1. The number of aryl methyl sites for hydroxylation is 1. The van der Waals surface area contributed by atoms with Crippen molar-refractivity contribution < 1.29 is 14.6 Å². The molecule has 0 saturated carbocycles. The molecular weight excluding hydrogens is 230 g/mol. The van der Waals surface area contributed by atoms with E-state index >= 15 is 0 Å². The summed E-state index contributed by atoms with van der Waals surface area (Å²) in [5, 5.41) is 8.94. The largest absolute Gasteiger partial charge is 0.478 e. The highest BCUT2D eigenvalue weighted by molar-refractivity contribution is 5.87. The number of hydrogen-bond donors (Lipinski definition) is 1. The molecule has 4 nitrogen and oxygen atoms in total. The second kappa shape index (κ2) is 5.31. The molecule has 1 aromatic carbocycles. The van der Waals surface area contributed by atoms with E-state index in [0.717, 1.165) is 5.56 Å². The van der Waals surface area contributed by atoms with Crippen LogP contribution in [-0.4, -0.2) is 16.1 Å². The van der Waals surface area contributed by atoms with Gasteiger partial charge < -0.3 is 9.84 Å². The van der Waals surface area contributed by atoms with Crippen LogP contribution >= 0.6 is 0 Å². The maximum atomic E-state index is 10.9. The number of aromatic nitrogens is 1. The summed E-state index contributed by atoms with van der Waals surface area (Å²) < 4.78 is 5.49. The van der Waals surface area contributed by atoms with Crippen LogP contribution in [0.4, 0.5) is 0 Å². The summed E-state index contributed by atoms with van der Waals surface area (Å²) in [6, 6.07) is 12.6. The van der Waals surface area contributed by atoms with Gasteiger partial charge in [-0.05, 0) is 18.6 Å². The number of benzene rings is 1. The molecule has 1 heterocycles. The number of carboxylic acids is 1. The molecule has 2 aromatic rings. The van der Waals surface area contributed by atoms with Gasteiger partial charge in [0.25, 0.3) is 0 Å². The first-order valence-corrected chi connectivity index (χ1v) is 5.54. The van der Waals surface area contributed by atoms with E-state index in [2.05, 4.69) is 4.98 Å². The molecule has 0 atom stereocenters. The lowest BCUT2D eigenvalue weighted by molar-refractivity contribution is 0.0696. The average Bonchev–Trinajstić information content (AvgIpc) is 2.37. The van der Waals surface area contributed by atoms with Crippen LogP contribution in [0.15, 0.2) is 42.5 Å². The Kier molecular flexibility index (Phi) is 3.57. The van der Waals surface area contributed by atoms with Crippen LogP contribution in [-0.2, 0) is 6.61 Å². The predicted octanol–water partition coefficient (Wildman–Crippen LogP) is 2.67. The highest BCUT2D eigenvalue weighted by Gasteiger charge is 2.07. The van der Waals surface area contributed by atoms with E-state index in [1.807, 2.05) is 30.3 Å². The van der Waals surface area contributed by atoms with Gasteiger partial charge in [0.1, 0.15) is 6.61 Å².